The van der Waals surface area contributed by atoms with Crippen molar-refractivity contribution < 1.29 is 9.32 Å². The number of carbonyl (C=O) groups is 1. The maximum Gasteiger partial charge on any atom is 0.261 e. The molecule has 0 aliphatic heterocycles. The van der Waals surface area contributed by atoms with E-state index in [1.54, 1.807) is 0 Å². The number of guanidine groups is 1. The number of aryl methyl sites for hydroxylation is 2. The van der Waals surface area contributed by atoms with Crippen LogP contribution in [0.3, 0.4) is 0 Å². The van der Waals surface area contributed by atoms with Crippen molar-refractivity contribution in [2.75, 3.05) is 19.6 Å². The van der Waals surface area contributed by atoms with Crippen LogP contribution in [0.25, 0.3) is 0 Å². The molecule has 0 atom stereocenters. The number of aliphatic imine (C=N–C) groups is 1. The molecule has 0 bridgehead atoms. The quantitative estimate of drug-likeness (QED) is 0.329. The topological polar surface area (TPSA) is 91.6 Å². The van der Waals surface area contributed by atoms with Crippen LogP contribution < -0.4 is 16.0 Å². The predicted molar refractivity (Wildman–Crippen MR) is 109 cm³/mol. The van der Waals surface area contributed by atoms with Crippen LogP contribution in [0.2, 0.25) is 0 Å². The summed E-state index contributed by atoms with van der Waals surface area (Å²) in [5, 5.41) is 15.5. The highest BCUT2D eigenvalue weighted by atomic mass is 32.1. The summed E-state index contributed by atoms with van der Waals surface area (Å²) in [4.78, 5) is 17.3. The molecule has 2 aromatic rings. The molecule has 0 spiro atoms. The molecule has 0 radical (unpaired) electrons. The fraction of sp³-hybridized carbons (Fsp3) is 0.526. The highest BCUT2D eigenvalue weighted by Gasteiger charge is 2.13. The van der Waals surface area contributed by atoms with Gasteiger partial charge in [0.15, 0.2) is 5.96 Å². The van der Waals surface area contributed by atoms with Crippen LogP contribution in [0.4, 0.5) is 0 Å². The summed E-state index contributed by atoms with van der Waals surface area (Å²) < 4.78 is 5.39. The zero-order valence-electron chi connectivity index (χ0n) is 16.3. The van der Waals surface area contributed by atoms with Gasteiger partial charge in [0.25, 0.3) is 5.91 Å². The standard InChI is InChI=1S/C19H29N5O2S/c1-4-15-14(16(5-2)26-24-15)13-23-19(20-6-3)22-11-8-10-21-18(25)17-9-7-12-27-17/h7,9,12H,4-6,8,10-11,13H2,1-3H3,(H,21,25)(H2,20,22,23). The first-order chi connectivity index (χ1) is 13.2. The van der Waals surface area contributed by atoms with Gasteiger partial charge in [-0.25, -0.2) is 4.99 Å². The van der Waals surface area contributed by atoms with E-state index in [2.05, 4.69) is 39.9 Å². The van der Waals surface area contributed by atoms with E-state index >= 15 is 0 Å². The zero-order chi connectivity index (χ0) is 19.5. The molecule has 8 heteroatoms. The Hall–Kier alpha value is -2.35. The molecular formula is C19H29N5O2S. The van der Waals surface area contributed by atoms with E-state index in [0.29, 0.717) is 13.1 Å². The van der Waals surface area contributed by atoms with Gasteiger partial charge in [-0.1, -0.05) is 25.1 Å². The lowest BCUT2D eigenvalue weighted by Gasteiger charge is -2.11. The van der Waals surface area contributed by atoms with E-state index < -0.39 is 0 Å². The SMILES string of the molecule is CCNC(=NCc1c(CC)noc1CC)NCCCNC(=O)c1cccs1. The molecular weight excluding hydrogens is 362 g/mol. The first-order valence-electron chi connectivity index (χ1n) is 9.49. The minimum Gasteiger partial charge on any atom is -0.361 e. The Bertz CT molecular complexity index is 703. The molecule has 0 aromatic carbocycles. The second-order valence-corrected chi connectivity index (χ2v) is 6.89. The Morgan fingerprint density at radius 3 is 2.67 bits per heavy atom. The lowest BCUT2D eigenvalue weighted by Crippen LogP contribution is -2.38. The first kappa shape index (κ1) is 21.0. The van der Waals surface area contributed by atoms with Crippen LogP contribution in [0.15, 0.2) is 27.0 Å². The fourth-order valence-electron chi connectivity index (χ4n) is 2.61. The van der Waals surface area contributed by atoms with Gasteiger partial charge in [0, 0.05) is 31.6 Å². The predicted octanol–water partition coefficient (Wildman–Crippen LogP) is 2.74. The molecule has 0 aliphatic carbocycles. The summed E-state index contributed by atoms with van der Waals surface area (Å²) in [6, 6.07) is 3.71. The number of hydrogen-bond donors (Lipinski definition) is 3. The van der Waals surface area contributed by atoms with Gasteiger partial charge < -0.3 is 20.5 Å². The highest BCUT2D eigenvalue weighted by molar-refractivity contribution is 7.12. The Morgan fingerprint density at radius 1 is 1.19 bits per heavy atom. The zero-order valence-corrected chi connectivity index (χ0v) is 17.1. The third kappa shape index (κ3) is 6.39. The second-order valence-electron chi connectivity index (χ2n) is 5.95. The van der Waals surface area contributed by atoms with E-state index in [1.807, 2.05) is 24.4 Å². The normalized spacial score (nSPS) is 11.4. The maximum atomic E-state index is 11.9. The van der Waals surface area contributed by atoms with E-state index in [1.165, 1.54) is 11.3 Å². The van der Waals surface area contributed by atoms with Gasteiger partial charge in [-0.3, -0.25) is 4.79 Å². The van der Waals surface area contributed by atoms with Crippen molar-refractivity contribution in [3.8, 4) is 0 Å². The van der Waals surface area contributed by atoms with Crippen LogP contribution in [0.1, 0.15) is 53.9 Å². The summed E-state index contributed by atoms with van der Waals surface area (Å²) >= 11 is 1.45. The number of carbonyl (C=O) groups excluding carboxylic acids is 1. The van der Waals surface area contributed by atoms with Crippen LogP contribution in [0.5, 0.6) is 0 Å². The van der Waals surface area contributed by atoms with Gasteiger partial charge in [-0.15, -0.1) is 11.3 Å². The second kappa shape index (κ2) is 11.4. The Kier molecular flexibility index (Phi) is 8.83. The highest BCUT2D eigenvalue weighted by Crippen LogP contribution is 2.16. The van der Waals surface area contributed by atoms with Crippen molar-refractivity contribution in [1.82, 2.24) is 21.1 Å². The number of nitrogens with one attached hydrogen (secondary N) is 3. The van der Waals surface area contributed by atoms with Crippen molar-refractivity contribution >= 4 is 23.2 Å². The summed E-state index contributed by atoms with van der Waals surface area (Å²) in [5.41, 5.74) is 2.06. The molecule has 2 rings (SSSR count). The summed E-state index contributed by atoms with van der Waals surface area (Å²) in [6.07, 6.45) is 2.46. The maximum absolute atomic E-state index is 11.9. The number of thiophene rings is 1. The average molecular weight is 392 g/mol. The first-order valence-corrected chi connectivity index (χ1v) is 10.4. The van der Waals surface area contributed by atoms with E-state index in [9.17, 15) is 4.79 Å². The Morgan fingerprint density at radius 2 is 2.00 bits per heavy atom. The van der Waals surface area contributed by atoms with Crippen molar-refractivity contribution in [3.63, 3.8) is 0 Å². The molecule has 1 amide bonds. The van der Waals surface area contributed by atoms with Crippen molar-refractivity contribution in [2.24, 2.45) is 4.99 Å². The molecule has 148 valence electrons. The lowest BCUT2D eigenvalue weighted by molar-refractivity contribution is 0.0957. The number of nitrogens with zero attached hydrogens (tertiary/aromatic N) is 2. The monoisotopic (exact) mass is 391 g/mol. The van der Waals surface area contributed by atoms with Crippen LogP contribution in [0, 0.1) is 0 Å². The molecule has 0 fully saturated rings. The molecule has 0 saturated carbocycles. The minimum atomic E-state index is -0.0165. The van der Waals surface area contributed by atoms with Gasteiger partial charge in [-0.05, 0) is 31.2 Å². The third-order valence-corrected chi connectivity index (χ3v) is 4.89. The number of aromatic nitrogens is 1. The molecule has 3 N–H and O–H groups in total. The van der Waals surface area contributed by atoms with Gasteiger partial charge in [0.2, 0.25) is 0 Å². The summed E-state index contributed by atoms with van der Waals surface area (Å²) in [7, 11) is 0. The number of amides is 1. The van der Waals surface area contributed by atoms with Gasteiger partial charge >= 0.3 is 0 Å². The van der Waals surface area contributed by atoms with Crippen molar-refractivity contribution in [2.45, 2.75) is 46.6 Å². The fourth-order valence-corrected chi connectivity index (χ4v) is 3.25. The van der Waals surface area contributed by atoms with E-state index in [4.69, 9.17) is 4.52 Å². The summed E-state index contributed by atoms with van der Waals surface area (Å²) in [5.74, 6) is 1.65. The molecule has 2 aromatic heterocycles. The van der Waals surface area contributed by atoms with Crippen LogP contribution in [-0.2, 0) is 19.4 Å². The smallest absolute Gasteiger partial charge is 0.261 e. The van der Waals surface area contributed by atoms with E-state index in [0.717, 1.165) is 60.2 Å². The Labute approximate surface area is 164 Å². The van der Waals surface area contributed by atoms with Crippen molar-refractivity contribution in [1.29, 1.82) is 0 Å². The molecule has 2 heterocycles. The lowest BCUT2D eigenvalue weighted by atomic mass is 10.1. The molecule has 27 heavy (non-hydrogen) atoms. The van der Waals surface area contributed by atoms with Crippen molar-refractivity contribution in [3.05, 3.63) is 39.4 Å². The third-order valence-electron chi connectivity index (χ3n) is 4.02. The number of hydrogen-bond acceptors (Lipinski definition) is 5. The minimum absolute atomic E-state index is 0.0165. The summed E-state index contributed by atoms with van der Waals surface area (Å²) in [6.45, 7) is 8.83. The molecule has 0 aliphatic rings. The van der Waals surface area contributed by atoms with Gasteiger partial charge in [-0.2, -0.15) is 0 Å². The van der Waals surface area contributed by atoms with Gasteiger partial charge in [0.05, 0.1) is 17.1 Å². The van der Waals surface area contributed by atoms with E-state index in [-0.39, 0.29) is 5.91 Å². The van der Waals surface area contributed by atoms with Crippen LogP contribution in [-0.4, -0.2) is 36.7 Å². The largest absolute Gasteiger partial charge is 0.361 e. The molecule has 0 saturated heterocycles. The van der Waals surface area contributed by atoms with Gasteiger partial charge in [0.1, 0.15) is 5.76 Å². The molecule has 0 unspecified atom stereocenters. The molecule has 7 nitrogen and oxygen atoms in total. The van der Waals surface area contributed by atoms with Crippen LogP contribution >= 0.6 is 11.3 Å². The Balaban J connectivity index is 1.80. The average Bonchev–Trinajstić information content (AvgIpc) is 3.34. The number of rotatable bonds is 10.